The maximum atomic E-state index is 12.4. The van der Waals surface area contributed by atoms with Crippen molar-refractivity contribution in [1.82, 2.24) is 4.90 Å². The molecular formula is C42H85NO. The van der Waals surface area contributed by atoms with Gasteiger partial charge in [0.25, 0.3) is 0 Å². The average Bonchev–Trinajstić information content (AvgIpc) is 2.86. The molecule has 0 atom stereocenters. The van der Waals surface area contributed by atoms with Crippen LogP contribution in [0, 0.1) is 32.5 Å². The minimum Gasteiger partial charge on any atom is -0.346 e. The number of unbranched alkanes of at least 4 members (excludes halogenated alkanes) is 5. The van der Waals surface area contributed by atoms with E-state index in [1.165, 1.54) is 103 Å². The Morgan fingerprint density at radius 3 is 1.11 bits per heavy atom. The van der Waals surface area contributed by atoms with Crippen LogP contribution >= 0.6 is 0 Å². The molecule has 0 bridgehead atoms. The highest BCUT2D eigenvalue weighted by Crippen LogP contribution is 2.41. The molecule has 0 N–H and O–H groups in total. The molecule has 1 amide bonds. The zero-order valence-corrected chi connectivity index (χ0v) is 33.5. The van der Waals surface area contributed by atoms with E-state index in [0.29, 0.717) is 39.4 Å². The summed E-state index contributed by atoms with van der Waals surface area (Å²) in [6.07, 6.45) is 24.2. The number of hydrogen-bond donors (Lipinski definition) is 0. The van der Waals surface area contributed by atoms with Gasteiger partial charge >= 0.3 is 0 Å². The number of nitrogens with zero attached hydrogens (tertiary/aromatic N) is 1. The second-order valence-corrected chi connectivity index (χ2v) is 20.7. The Morgan fingerprint density at radius 2 is 0.705 bits per heavy atom. The summed E-state index contributed by atoms with van der Waals surface area (Å²) in [5.74, 6) is 0.322. The number of amides is 1. The molecule has 0 aromatic rings. The van der Waals surface area contributed by atoms with Crippen molar-refractivity contribution in [2.75, 3.05) is 13.6 Å². The molecular weight excluding hydrogens is 534 g/mol. The third-order valence-corrected chi connectivity index (χ3v) is 10.6. The molecule has 0 aromatic heterocycles. The van der Waals surface area contributed by atoms with Gasteiger partial charge in [0.2, 0.25) is 5.91 Å². The van der Waals surface area contributed by atoms with Gasteiger partial charge in [-0.1, -0.05) is 142 Å². The van der Waals surface area contributed by atoms with Crippen molar-refractivity contribution in [2.24, 2.45) is 32.5 Å². The van der Waals surface area contributed by atoms with Crippen molar-refractivity contribution in [3.05, 3.63) is 0 Å². The van der Waals surface area contributed by atoms with E-state index < -0.39 is 0 Å². The van der Waals surface area contributed by atoms with Gasteiger partial charge in [-0.25, -0.2) is 0 Å². The van der Waals surface area contributed by atoms with Gasteiger partial charge in [-0.2, -0.15) is 0 Å². The van der Waals surface area contributed by atoms with Gasteiger partial charge in [-0.3, -0.25) is 4.79 Å². The normalized spacial score (nSPS) is 13.9. The summed E-state index contributed by atoms with van der Waals surface area (Å²) in [6, 6.07) is 0. The van der Waals surface area contributed by atoms with Gasteiger partial charge in [0, 0.05) is 20.0 Å². The molecule has 44 heavy (non-hydrogen) atoms. The van der Waals surface area contributed by atoms with Crippen molar-refractivity contribution in [2.45, 2.75) is 219 Å². The highest BCUT2D eigenvalue weighted by Gasteiger charge is 2.27. The van der Waals surface area contributed by atoms with Crippen LogP contribution in [0.3, 0.4) is 0 Å². The molecule has 264 valence electrons. The fraction of sp³-hybridized carbons (Fsp3) is 0.976. The number of rotatable bonds is 24. The Bertz CT molecular complexity index is 758. The number of carbonyl (C=O) groups is 1. The van der Waals surface area contributed by atoms with Crippen LogP contribution in [0.1, 0.15) is 219 Å². The Balaban J connectivity index is 4.19. The summed E-state index contributed by atoms with van der Waals surface area (Å²) in [6.45, 7) is 34.8. The number of carbonyl (C=O) groups excluding carboxylic acids is 1. The summed E-state index contributed by atoms with van der Waals surface area (Å²) < 4.78 is 0. The molecule has 0 heterocycles. The van der Waals surface area contributed by atoms with Gasteiger partial charge in [0.15, 0.2) is 0 Å². The van der Waals surface area contributed by atoms with Crippen LogP contribution in [0.25, 0.3) is 0 Å². The molecule has 0 aliphatic carbocycles. The van der Waals surface area contributed by atoms with E-state index in [1.54, 1.807) is 0 Å². The number of hydrogen-bond acceptors (Lipinski definition) is 1. The molecule has 0 radical (unpaired) electrons. The maximum Gasteiger partial charge on any atom is 0.222 e. The Labute approximate surface area is 280 Å². The third kappa shape index (κ3) is 25.6. The fourth-order valence-corrected chi connectivity index (χ4v) is 6.39. The van der Waals surface area contributed by atoms with Crippen LogP contribution in [-0.2, 0) is 4.79 Å². The highest BCUT2D eigenvalue weighted by molar-refractivity contribution is 5.75. The molecule has 0 unspecified atom stereocenters. The van der Waals surface area contributed by atoms with Crippen LogP contribution in [0.5, 0.6) is 0 Å². The van der Waals surface area contributed by atoms with E-state index in [0.717, 1.165) is 19.4 Å². The van der Waals surface area contributed by atoms with Gasteiger partial charge in [0.1, 0.15) is 0 Å². The van der Waals surface area contributed by atoms with E-state index in [9.17, 15) is 4.79 Å². The topological polar surface area (TPSA) is 20.3 Å². The first-order valence-electron chi connectivity index (χ1n) is 19.1. The molecule has 0 saturated heterocycles. The molecule has 2 heteroatoms. The smallest absolute Gasteiger partial charge is 0.222 e. The summed E-state index contributed by atoms with van der Waals surface area (Å²) in [5.41, 5.74) is 2.56. The molecule has 2 nitrogen and oxygen atoms in total. The predicted octanol–water partition coefficient (Wildman–Crippen LogP) is 14.1. The first kappa shape index (κ1) is 43.5. The van der Waals surface area contributed by atoms with Crippen LogP contribution in [0.4, 0.5) is 0 Å². The maximum absolute atomic E-state index is 12.4. The highest BCUT2D eigenvalue weighted by atomic mass is 16.2. The van der Waals surface area contributed by atoms with Gasteiger partial charge in [0.05, 0.1) is 0 Å². The molecule has 0 spiro atoms. The van der Waals surface area contributed by atoms with Crippen molar-refractivity contribution in [1.29, 1.82) is 0 Å². The monoisotopic (exact) mass is 620 g/mol. The molecule has 0 fully saturated rings. The average molecular weight is 620 g/mol. The molecule has 0 aromatic carbocycles. The lowest BCUT2D eigenvalue weighted by molar-refractivity contribution is -0.130. The largest absolute Gasteiger partial charge is 0.346 e. The fourth-order valence-electron chi connectivity index (χ4n) is 6.39. The lowest BCUT2D eigenvalue weighted by atomic mass is 9.72. The second-order valence-electron chi connectivity index (χ2n) is 20.7. The van der Waals surface area contributed by atoms with Crippen molar-refractivity contribution in [3.63, 3.8) is 0 Å². The van der Waals surface area contributed by atoms with Gasteiger partial charge < -0.3 is 4.90 Å². The van der Waals surface area contributed by atoms with Crippen LogP contribution in [0.2, 0.25) is 0 Å². The van der Waals surface area contributed by atoms with Crippen LogP contribution in [0.15, 0.2) is 0 Å². The third-order valence-electron chi connectivity index (χ3n) is 10.6. The Morgan fingerprint density at radius 1 is 0.386 bits per heavy atom. The zero-order chi connectivity index (χ0) is 34.3. The Hall–Kier alpha value is -0.530. The Kier molecular flexibility index (Phi) is 19.1. The predicted molar refractivity (Wildman–Crippen MR) is 199 cm³/mol. The van der Waals surface area contributed by atoms with E-state index in [-0.39, 0.29) is 5.41 Å². The standard InChI is InChI=1S/C42H85NO/c1-37(2,3)25-21-22-27-40(9,10)31-33-42(13,14)29-23-28-41(11,12)32-30-39(7,8)26-20-18-16-17-19-24-36(44)43(15)35-34-38(4,5)6/h16-35H2,1-15H3. The lowest BCUT2D eigenvalue weighted by Gasteiger charge is -2.34. The zero-order valence-electron chi connectivity index (χ0n) is 33.5. The molecule has 0 rings (SSSR count). The summed E-state index contributed by atoms with van der Waals surface area (Å²) in [7, 11) is 1.97. The minimum absolute atomic E-state index is 0.290. The molecule has 0 aliphatic rings. The van der Waals surface area contributed by atoms with Gasteiger partial charge in [-0.05, 0) is 103 Å². The first-order chi connectivity index (χ1) is 19.8. The van der Waals surface area contributed by atoms with E-state index in [1.807, 2.05) is 11.9 Å². The van der Waals surface area contributed by atoms with Crippen LogP contribution < -0.4 is 0 Å². The van der Waals surface area contributed by atoms with E-state index in [2.05, 4.69) is 96.9 Å². The quantitative estimate of drug-likeness (QED) is 0.0984. The van der Waals surface area contributed by atoms with Gasteiger partial charge in [-0.15, -0.1) is 0 Å². The van der Waals surface area contributed by atoms with Crippen LogP contribution in [-0.4, -0.2) is 24.4 Å². The van der Waals surface area contributed by atoms with E-state index >= 15 is 0 Å². The van der Waals surface area contributed by atoms with Crippen molar-refractivity contribution >= 4 is 5.91 Å². The second kappa shape index (κ2) is 19.3. The first-order valence-corrected chi connectivity index (χ1v) is 19.1. The summed E-state index contributed by atoms with van der Waals surface area (Å²) in [4.78, 5) is 14.3. The SMILES string of the molecule is CN(CCC(C)(C)C)C(=O)CCCCCCCC(C)(C)CCC(C)(C)CCCC(C)(C)CCC(C)(C)CCCCC(C)(C)C. The molecule has 0 saturated carbocycles. The summed E-state index contributed by atoms with van der Waals surface area (Å²) >= 11 is 0. The van der Waals surface area contributed by atoms with E-state index in [4.69, 9.17) is 0 Å². The minimum atomic E-state index is 0.290. The van der Waals surface area contributed by atoms with Crippen molar-refractivity contribution in [3.8, 4) is 0 Å². The summed E-state index contributed by atoms with van der Waals surface area (Å²) in [5, 5.41) is 0. The van der Waals surface area contributed by atoms with Crippen molar-refractivity contribution < 1.29 is 4.79 Å². The molecule has 0 aliphatic heterocycles. The lowest BCUT2D eigenvalue weighted by Crippen LogP contribution is -2.29.